The molecule has 0 aromatic heterocycles. The second kappa shape index (κ2) is 9.79. The topological polar surface area (TPSA) is 98.7 Å². The monoisotopic (exact) mass is 435 g/mol. The minimum absolute atomic E-state index is 0.0728. The molecule has 1 aromatic carbocycles. The maximum atomic E-state index is 12.7. The molecule has 3 fully saturated rings. The lowest BCUT2D eigenvalue weighted by atomic mass is 9.72. The Hall–Kier alpha value is -2.12. The van der Waals surface area contributed by atoms with Crippen LogP contribution in [0.15, 0.2) is 18.2 Å². The van der Waals surface area contributed by atoms with Crippen molar-refractivity contribution in [3.63, 3.8) is 0 Å². The van der Waals surface area contributed by atoms with E-state index in [0.717, 1.165) is 44.8 Å². The zero-order valence-electron chi connectivity index (χ0n) is 17.5. The second-order valence-electron chi connectivity index (χ2n) is 8.40. The summed E-state index contributed by atoms with van der Waals surface area (Å²) in [6, 6.07) is 5.87. The quantitative estimate of drug-likeness (QED) is 0.677. The van der Waals surface area contributed by atoms with Crippen molar-refractivity contribution in [2.45, 2.75) is 51.6 Å². The summed E-state index contributed by atoms with van der Waals surface area (Å²) >= 11 is 6.23. The van der Waals surface area contributed by atoms with Gasteiger partial charge in [-0.25, -0.2) is 0 Å². The Morgan fingerprint density at radius 2 is 2.00 bits per heavy atom. The highest BCUT2D eigenvalue weighted by Gasteiger charge is 2.47. The third-order valence-electron chi connectivity index (χ3n) is 6.32. The molecule has 4 rings (SSSR count). The number of benzene rings is 1. The van der Waals surface area contributed by atoms with Crippen molar-refractivity contribution in [1.82, 2.24) is 15.5 Å². The predicted molar refractivity (Wildman–Crippen MR) is 115 cm³/mol. The Morgan fingerprint density at radius 1 is 1.30 bits per heavy atom. The first-order chi connectivity index (χ1) is 14.3. The molecule has 0 aliphatic carbocycles. The number of aryl methyl sites for hydroxylation is 1. The molecule has 30 heavy (non-hydrogen) atoms. The zero-order chi connectivity index (χ0) is 21.8. The van der Waals surface area contributed by atoms with Gasteiger partial charge in [-0.15, -0.1) is 0 Å². The van der Waals surface area contributed by atoms with E-state index in [1.807, 2.05) is 19.1 Å². The third kappa shape index (κ3) is 4.95. The summed E-state index contributed by atoms with van der Waals surface area (Å²) in [5, 5.41) is 14.5. The van der Waals surface area contributed by atoms with E-state index in [4.69, 9.17) is 21.5 Å². The van der Waals surface area contributed by atoms with E-state index in [1.165, 1.54) is 0 Å². The van der Waals surface area contributed by atoms with Gasteiger partial charge in [0.25, 0.3) is 11.9 Å². The molecule has 0 radical (unpaired) electrons. The van der Waals surface area contributed by atoms with Crippen molar-refractivity contribution in [1.29, 1.82) is 0 Å². The largest absolute Gasteiger partial charge is 0.481 e. The third-order valence-corrected chi connectivity index (χ3v) is 6.64. The number of piperidine rings is 3. The predicted octanol–water partition coefficient (Wildman–Crippen LogP) is 2.46. The molecule has 2 amide bonds. The summed E-state index contributed by atoms with van der Waals surface area (Å²) in [6.45, 7) is 5.38. The summed E-state index contributed by atoms with van der Waals surface area (Å²) in [5.74, 6) is 0.224. The van der Waals surface area contributed by atoms with E-state index < -0.39 is 5.97 Å². The lowest BCUT2D eigenvalue weighted by Crippen LogP contribution is -2.66. The molecule has 1 aromatic rings. The van der Waals surface area contributed by atoms with Crippen LogP contribution in [0, 0.1) is 18.8 Å². The van der Waals surface area contributed by atoms with Crippen LogP contribution < -0.4 is 10.6 Å². The van der Waals surface area contributed by atoms with Gasteiger partial charge in [-0.2, -0.15) is 0 Å². The number of carbonyl (C=O) groups is 3. The first-order valence-electron chi connectivity index (χ1n) is 10.5. The number of carboxylic acids is 1. The van der Waals surface area contributed by atoms with E-state index in [2.05, 4.69) is 15.5 Å². The van der Waals surface area contributed by atoms with Crippen LogP contribution in [0.4, 0.5) is 0 Å². The maximum absolute atomic E-state index is 12.7. The fourth-order valence-corrected chi connectivity index (χ4v) is 5.41. The van der Waals surface area contributed by atoms with Gasteiger partial charge in [0, 0.05) is 32.5 Å². The molecule has 0 spiro atoms. The van der Waals surface area contributed by atoms with E-state index >= 15 is 0 Å². The SMILES string of the molecule is CC(=O)O.Cc1cccc(Cl)c1C(=O)NC[C@H]1[C@@H]2CNC[C@@H](C2)[C@@H]2CCCC(=O)N21. The van der Waals surface area contributed by atoms with Gasteiger partial charge in [-0.05, 0) is 56.2 Å². The summed E-state index contributed by atoms with van der Waals surface area (Å²) in [4.78, 5) is 36.5. The van der Waals surface area contributed by atoms with Crippen molar-refractivity contribution >= 4 is 29.4 Å². The molecule has 3 aliphatic heterocycles. The Kier molecular flexibility index (Phi) is 7.36. The molecule has 8 heteroatoms. The Morgan fingerprint density at radius 3 is 2.70 bits per heavy atom. The number of carbonyl (C=O) groups excluding carboxylic acids is 2. The molecular formula is C22H30ClN3O4. The van der Waals surface area contributed by atoms with Crippen molar-refractivity contribution < 1.29 is 19.5 Å². The van der Waals surface area contributed by atoms with E-state index in [0.29, 0.717) is 41.4 Å². The van der Waals surface area contributed by atoms with Gasteiger partial charge in [0.05, 0.1) is 16.6 Å². The summed E-state index contributed by atoms with van der Waals surface area (Å²) < 4.78 is 0. The van der Waals surface area contributed by atoms with Crippen molar-refractivity contribution in [2.75, 3.05) is 19.6 Å². The first kappa shape index (κ1) is 22.6. The molecule has 3 aliphatic rings. The average molecular weight is 436 g/mol. The van der Waals surface area contributed by atoms with E-state index in [9.17, 15) is 9.59 Å². The number of aliphatic carboxylic acids is 1. The second-order valence-corrected chi connectivity index (χ2v) is 8.81. The van der Waals surface area contributed by atoms with Crippen LogP contribution in [0.1, 0.15) is 48.5 Å². The highest BCUT2D eigenvalue weighted by molar-refractivity contribution is 6.34. The van der Waals surface area contributed by atoms with Crippen LogP contribution in [0.25, 0.3) is 0 Å². The first-order valence-corrected chi connectivity index (χ1v) is 10.9. The number of amides is 2. The molecular weight excluding hydrogens is 406 g/mol. The average Bonchev–Trinajstić information content (AvgIpc) is 2.68. The van der Waals surface area contributed by atoms with Crippen LogP contribution in [0.5, 0.6) is 0 Å². The normalized spacial score (nSPS) is 27.4. The van der Waals surface area contributed by atoms with E-state index in [-0.39, 0.29) is 17.9 Å². The van der Waals surface area contributed by atoms with Crippen LogP contribution >= 0.6 is 11.6 Å². The van der Waals surface area contributed by atoms with Crippen LogP contribution in [-0.4, -0.2) is 59.5 Å². The molecule has 7 nitrogen and oxygen atoms in total. The fourth-order valence-electron chi connectivity index (χ4n) is 5.10. The fraction of sp³-hybridized carbons (Fsp3) is 0.591. The number of hydrogen-bond donors (Lipinski definition) is 3. The number of nitrogens with zero attached hydrogens (tertiary/aromatic N) is 1. The Balaban J connectivity index is 0.000000589. The minimum atomic E-state index is -0.833. The highest BCUT2D eigenvalue weighted by atomic mass is 35.5. The summed E-state index contributed by atoms with van der Waals surface area (Å²) in [5.41, 5.74) is 1.40. The van der Waals surface area contributed by atoms with Gasteiger partial charge < -0.3 is 20.6 Å². The molecule has 0 unspecified atom stereocenters. The highest BCUT2D eigenvalue weighted by Crippen LogP contribution is 2.39. The number of nitrogens with one attached hydrogen (secondary N) is 2. The number of carboxylic acid groups (broad SMARTS) is 1. The molecule has 3 N–H and O–H groups in total. The minimum Gasteiger partial charge on any atom is -0.481 e. The van der Waals surface area contributed by atoms with E-state index in [1.54, 1.807) is 6.07 Å². The van der Waals surface area contributed by atoms with Crippen molar-refractivity contribution in [2.24, 2.45) is 11.8 Å². The van der Waals surface area contributed by atoms with Crippen molar-refractivity contribution in [3.05, 3.63) is 34.3 Å². The van der Waals surface area contributed by atoms with Crippen molar-refractivity contribution in [3.8, 4) is 0 Å². The Bertz CT molecular complexity index is 791. The maximum Gasteiger partial charge on any atom is 0.300 e. The van der Waals surface area contributed by atoms with Crippen LogP contribution in [0.3, 0.4) is 0 Å². The van der Waals surface area contributed by atoms with Gasteiger partial charge in [-0.1, -0.05) is 23.7 Å². The molecule has 164 valence electrons. The van der Waals surface area contributed by atoms with Crippen LogP contribution in [0.2, 0.25) is 5.02 Å². The zero-order valence-corrected chi connectivity index (χ0v) is 18.2. The lowest BCUT2D eigenvalue weighted by molar-refractivity contribution is -0.149. The van der Waals surface area contributed by atoms with Gasteiger partial charge in [-0.3, -0.25) is 14.4 Å². The van der Waals surface area contributed by atoms with Gasteiger partial charge in [0.1, 0.15) is 0 Å². The van der Waals surface area contributed by atoms with Gasteiger partial charge >= 0.3 is 0 Å². The molecule has 3 heterocycles. The van der Waals surface area contributed by atoms with Gasteiger partial charge in [0.2, 0.25) is 5.91 Å². The standard InChI is InChI=1S/C20H26ClN3O2.C2H4O2/c1-12-4-2-5-15(21)19(12)20(26)23-11-17-14-8-13(9-22-10-14)16-6-3-7-18(25)24(16)17;1-2(3)4/h2,4-5,13-14,16-17,22H,3,6-11H2,1H3,(H,23,26);1H3,(H,3,4)/t13-,14+,16+,17+;/m1./s1. The molecule has 4 atom stereocenters. The van der Waals surface area contributed by atoms with Crippen LogP contribution in [-0.2, 0) is 9.59 Å². The number of hydrogen-bond acceptors (Lipinski definition) is 4. The molecule has 2 bridgehead atoms. The Labute approximate surface area is 182 Å². The summed E-state index contributed by atoms with van der Waals surface area (Å²) in [6.07, 6.45) is 3.85. The van der Waals surface area contributed by atoms with Gasteiger partial charge in [0.15, 0.2) is 0 Å². The smallest absolute Gasteiger partial charge is 0.300 e. The molecule has 3 saturated heterocycles. The lowest BCUT2D eigenvalue weighted by Gasteiger charge is -2.54. The summed E-state index contributed by atoms with van der Waals surface area (Å²) in [7, 11) is 0. The number of halogens is 1. The number of fused-ring (bicyclic) bond motifs is 4. The molecule has 0 saturated carbocycles. The number of rotatable bonds is 3.